The van der Waals surface area contributed by atoms with Gasteiger partial charge in [0.15, 0.2) is 0 Å². The molecule has 0 radical (unpaired) electrons. The van der Waals surface area contributed by atoms with Crippen molar-refractivity contribution >= 4 is 23.2 Å². The molecule has 2 aromatic carbocycles. The smallest absolute Gasteiger partial charge is 0.243 e. The standard InChI is InChI=1S/C17H17ClFN3O/c1-10-5-6-13(19)15(7-10)20-17(23)16-9-14(21-22-16)11-3-2-4-12(18)8-11/h2-8,14,16,21-22H,9H2,1H3,(H,20,23). The van der Waals surface area contributed by atoms with E-state index >= 15 is 0 Å². The van der Waals surface area contributed by atoms with Crippen molar-refractivity contribution < 1.29 is 9.18 Å². The molecular formula is C17H17ClFN3O. The number of anilines is 1. The van der Waals surface area contributed by atoms with Crippen molar-refractivity contribution in [2.45, 2.75) is 25.4 Å². The zero-order valence-corrected chi connectivity index (χ0v) is 13.3. The molecule has 4 nitrogen and oxygen atoms in total. The number of aryl methyl sites for hydroxylation is 1. The molecule has 3 rings (SSSR count). The number of amides is 1. The summed E-state index contributed by atoms with van der Waals surface area (Å²) in [5.41, 5.74) is 8.12. The molecule has 120 valence electrons. The topological polar surface area (TPSA) is 53.2 Å². The van der Waals surface area contributed by atoms with Gasteiger partial charge in [0.25, 0.3) is 0 Å². The molecule has 1 heterocycles. The van der Waals surface area contributed by atoms with Crippen LogP contribution in [0.25, 0.3) is 0 Å². The van der Waals surface area contributed by atoms with Crippen molar-refractivity contribution in [3.8, 4) is 0 Å². The molecule has 1 aliphatic rings. The third-order valence-corrected chi connectivity index (χ3v) is 4.09. The maximum atomic E-state index is 13.7. The first kappa shape index (κ1) is 15.9. The number of nitrogens with one attached hydrogen (secondary N) is 3. The maximum absolute atomic E-state index is 13.7. The normalized spacial score (nSPS) is 20.5. The van der Waals surface area contributed by atoms with Crippen molar-refractivity contribution in [2.24, 2.45) is 0 Å². The van der Waals surface area contributed by atoms with Gasteiger partial charge in [-0.1, -0.05) is 29.8 Å². The zero-order valence-electron chi connectivity index (χ0n) is 12.6. The Hall–Kier alpha value is -1.95. The van der Waals surface area contributed by atoms with Crippen LogP contribution in [0, 0.1) is 12.7 Å². The largest absolute Gasteiger partial charge is 0.322 e. The van der Waals surface area contributed by atoms with Gasteiger partial charge in [0.05, 0.1) is 5.69 Å². The van der Waals surface area contributed by atoms with Crippen LogP contribution >= 0.6 is 11.6 Å². The molecule has 0 aromatic heterocycles. The Kier molecular flexibility index (Phi) is 4.61. The second kappa shape index (κ2) is 6.66. The maximum Gasteiger partial charge on any atom is 0.243 e. The van der Waals surface area contributed by atoms with Gasteiger partial charge in [-0.3, -0.25) is 4.79 Å². The number of hydrogen-bond acceptors (Lipinski definition) is 3. The summed E-state index contributed by atoms with van der Waals surface area (Å²) in [6.07, 6.45) is 0.555. The van der Waals surface area contributed by atoms with E-state index in [2.05, 4.69) is 16.2 Å². The average molecular weight is 334 g/mol. The predicted molar refractivity (Wildman–Crippen MR) is 88.6 cm³/mol. The lowest BCUT2D eigenvalue weighted by Gasteiger charge is -2.12. The van der Waals surface area contributed by atoms with Crippen molar-refractivity contribution in [3.63, 3.8) is 0 Å². The molecular weight excluding hydrogens is 317 g/mol. The lowest BCUT2D eigenvalue weighted by atomic mass is 10.0. The SMILES string of the molecule is Cc1ccc(F)c(NC(=O)C2CC(c3cccc(Cl)c3)NN2)c1. The van der Waals surface area contributed by atoms with E-state index in [0.717, 1.165) is 11.1 Å². The van der Waals surface area contributed by atoms with Crippen LogP contribution < -0.4 is 16.2 Å². The third-order valence-electron chi connectivity index (χ3n) is 3.85. The Balaban J connectivity index is 1.67. The van der Waals surface area contributed by atoms with E-state index in [0.29, 0.717) is 11.4 Å². The fourth-order valence-electron chi connectivity index (χ4n) is 2.62. The molecule has 0 saturated carbocycles. The number of carbonyl (C=O) groups is 1. The summed E-state index contributed by atoms with van der Waals surface area (Å²) >= 11 is 5.99. The van der Waals surface area contributed by atoms with Crippen LogP contribution in [0.3, 0.4) is 0 Å². The molecule has 0 aliphatic carbocycles. The molecule has 23 heavy (non-hydrogen) atoms. The van der Waals surface area contributed by atoms with Crippen molar-refractivity contribution in [3.05, 3.63) is 64.4 Å². The van der Waals surface area contributed by atoms with Crippen LogP contribution in [0.5, 0.6) is 0 Å². The number of rotatable bonds is 3. The number of hydrazine groups is 1. The molecule has 0 spiro atoms. The van der Waals surface area contributed by atoms with Gasteiger partial charge >= 0.3 is 0 Å². The fourth-order valence-corrected chi connectivity index (χ4v) is 2.82. The summed E-state index contributed by atoms with van der Waals surface area (Å²) in [5.74, 6) is -0.715. The Bertz CT molecular complexity index is 738. The summed E-state index contributed by atoms with van der Waals surface area (Å²) in [6.45, 7) is 1.85. The highest BCUT2D eigenvalue weighted by atomic mass is 35.5. The Morgan fingerprint density at radius 2 is 2.09 bits per heavy atom. The lowest BCUT2D eigenvalue weighted by Crippen LogP contribution is -2.39. The van der Waals surface area contributed by atoms with Crippen LogP contribution in [-0.4, -0.2) is 11.9 Å². The number of benzene rings is 2. The van der Waals surface area contributed by atoms with Gasteiger partial charge < -0.3 is 5.32 Å². The summed E-state index contributed by atoms with van der Waals surface area (Å²) in [5, 5.41) is 3.29. The highest BCUT2D eigenvalue weighted by Gasteiger charge is 2.30. The van der Waals surface area contributed by atoms with E-state index < -0.39 is 11.9 Å². The molecule has 1 amide bonds. The first-order valence-electron chi connectivity index (χ1n) is 7.36. The van der Waals surface area contributed by atoms with Crippen LogP contribution in [0.4, 0.5) is 10.1 Å². The van der Waals surface area contributed by atoms with E-state index in [1.54, 1.807) is 18.2 Å². The first-order chi connectivity index (χ1) is 11.0. The Morgan fingerprint density at radius 3 is 2.87 bits per heavy atom. The minimum Gasteiger partial charge on any atom is -0.322 e. The molecule has 1 saturated heterocycles. The highest BCUT2D eigenvalue weighted by molar-refractivity contribution is 6.30. The molecule has 1 fully saturated rings. The number of halogens is 2. The van der Waals surface area contributed by atoms with Crippen LogP contribution in [0.2, 0.25) is 5.02 Å². The minimum atomic E-state index is -0.445. The molecule has 0 bridgehead atoms. The van der Waals surface area contributed by atoms with Gasteiger partial charge in [0, 0.05) is 11.1 Å². The highest BCUT2D eigenvalue weighted by Crippen LogP contribution is 2.25. The second-order valence-corrected chi connectivity index (χ2v) is 6.09. The van der Waals surface area contributed by atoms with Gasteiger partial charge in [-0.15, -0.1) is 0 Å². The minimum absolute atomic E-state index is 0.0215. The van der Waals surface area contributed by atoms with Crippen molar-refractivity contribution in [2.75, 3.05) is 5.32 Å². The van der Waals surface area contributed by atoms with Crippen molar-refractivity contribution in [1.29, 1.82) is 0 Å². The van der Waals surface area contributed by atoms with E-state index in [9.17, 15) is 9.18 Å². The average Bonchev–Trinajstić information content (AvgIpc) is 3.01. The number of hydrogen-bond donors (Lipinski definition) is 3. The molecule has 2 atom stereocenters. The fraction of sp³-hybridized carbons (Fsp3) is 0.235. The second-order valence-electron chi connectivity index (χ2n) is 5.66. The third kappa shape index (κ3) is 3.69. The summed E-state index contributed by atoms with van der Waals surface area (Å²) < 4.78 is 13.7. The van der Waals surface area contributed by atoms with Gasteiger partial charge in [-0.25, -0.2) is 15.2 Å². The quantitative estimate of drug-likeness (QED) is 0.807. The van der Waals surface area contributed by atoms with Gasteiger partial charge in [0.1, 0.15) is 11.9 Å². The zero-order chi connectivity index (χ0) is 16.4. The van der Waals surface area contributed by atoms with E-state index in [1.807, 2.05) is 25.1 Å². The van der Waals surface area contributed by atoms with E-state index in [4.69, 9.17) is 11.6 Å². The molecule has 2 unspecified atom stereocenters. The predicted octanol–water partition coefficient (Wildman–Crippen LogP) is 3.33. The monoisotopic (exact) mass is 333 g/mol. The summed E-state index contributed by atoms with van der Waals surface area (Å²) in [6, 6.07) is 11.6. The van der Waals surface area contributed by atoms with E-state index in [-0.39, 0.29) is 17.6 Å². The molecule has 3 N–H and O–H groups in total. The van der Waals surface area contributed by atoms with Gasteiger partial charge in [0.2, 0.25) is 5.91 Å². The van der Waals surface area contributed by atoms with Gasteiger partial charge in [-0.05, 0) is 48.7 Å². The van der Waals surface area contributed by atoms with Crippen LogP contribution in [0.15, 0.2) is 42.5 Å². The van der Waals surface area contributed by atoms with Gasteiger partial charge in [-0.2, -0.15) is 0 Å². The Morgan fingerprint density at radius 1 is 1.26 bits per heavy atom. The first-order valence-corrected chi connectivity index (χ1v) is 7.74. The Labute approximate surface area is 139 Å². The van der Waals surface area contributed by atoms with Crippen molar-refractivity contribution in [1.82, 2.24) is 10.9 Å². The molecule has 2 aromatic rings. The van der Waals surface area contributed by atoms with Crippen LogP contribution in [-0.2, 0) is 4.79 Å². The molecule has 6 heteroatoms. The summed E-state index contributed by atoms with van der Waals surface area (Å²) in [4.78, 5) is 12.3. The number of carbonyl (C=O) groups excluding carboxylic acids is 1. The summed E-state index contributed by atoms with van der Waals surface area (Å²) in [7, 11) is 0. The van der Waals surface area contributed by atoms with E-state index in [1.165, 1.54) is 6.07 Å². The molecule has 1 aliphatic heterocycles. The lowest BCUT2D eigenvalue weighted by molar-refractivity contribution is -0.117. The van der Waals surface area contributed by atoms with Crippen LogP contribution in [0.1, 0.15) is 23.6 Å².